The van der Waals surface area contributed by atoms with Gasteiger partial charge >= 0.3 is 0 Å². The zero-order valence-electron chi connectivity index (χ0n) is 9.27. The first-order chi connectivity index (χ1) is 7.63. The van der Waals surface area contributed by atoms with Gasteiger partial charge in [-0.25, -0.2) is 0 Å². The molecular weight excluding hydrogens is 204 g/mol. The fourth-order valence-electron chi connectivity index (χ4n) is 1.12. The van der Waals surface area contributed by atoms with Crippen LogP contribution >= 0.6 is 0 Å². The van der Waals surface area contributed by atoms with Crippen LogP contribution < -0.4 is 15.8 Å². The number of benzene rings is 1. The molecule has 86 valence electrons. The molecule has 0 saturated carbocycles. The lowest BCUT2D eigenvalue weighted by Crippen LogP contribution is -2.36. The summed E-state index contributed by atoms with van der Waals surface area (Å²) in [6, 6.07) is 6.91. The van der Waals surface area contributed by atoms with Gasteiger partial charge in [0.15, 0.2) is 6.10 Å². The Morgan fingerprint density at radius 1 is 1.56 bits per heavy atom. The molecule has 0 heterocycles. The number of hydrogen-bond donors (Lipinski definition) is 2. The summed E-state index contributed by atoms with van der Waals surface area (Å²) in [7, 11) is 0. The molecule has 0 aliphatic heterocycles. The molecule has 1 aromatic carbocycles. The highest BCUT2D eigenvalue weighted by Crippen LogP contribution is 2.14. The quantitative estimate of drug-likeness (QED) is 0.581. The van der Waals surface area contributed by atoms with Crippen LogP contribution in [0.4, 0.5) is 5.69 Å². The van der Waals surface area contributed by atoms with Crippen LogP contribution in [0.5, 0.6) is 5.75 Å². The highest BCUT2D eigenvalue weighted by molar-refractivity contribution is 5.80. The van der Waals surface area contributed by atoms with Crippen molar-refractivity contribution in [2.75, 3.05) is 12.3 Å². The van der Waals surface area contributed by atoms with E-state index >= 15 is 0 Å². The summed E-state index contributed by atoms with van der Waals surface area (Å²) in [5, 5.41) is 2.66. The molecule has 0 saturated heterocycles. The Labute approximate surface area is 95.1 Å². The van der Waals surface area contributed by atoms with E-state index in [9.17, 15) is 4.79 Å². The van der Waals surface area contributed by atoms with Gasteiger partial charge in [0.05, 0.1) is 0 Å². The molecule has 16 heavy (non-hydrogen) atoms. The average Bonchev–Trinajstić information content (AvgIpc) is 2.29. The first kappa shape index (κ1) is 12.1. The molecule has 4 heteroatoms. The summed E-state index contributed by atoms with van der Waals surface area (Å²) in [5.41, 5.74) is 6.20. The molecule has 0 spiro atoms. The molecule has 0 aliphatic carbocycles. The molecular formula is C12H16N2O2. The topological polar surface area (TPSA) is 64.3 Å². The predicted octanol–water partition coefficient (Wildman–Crippen LogP) is 1.34. The van der Waals surface area contributed by atoms with E-state index in [4.69, 9.17) is 10.5 Å². The second kappa shape index (κ2) is 5.80. The van der Waals surface area contributed by atoms with E-state index in [2.05, 4.69) is 11.9 Å². The number of anilines is 1. The van der Waals surface area contributed by atoms with Crippen molar-refractivity contribution >= 4 is 11.6 Å². The van der Waals surface area contributed by atoms with Gasteiger partial charge in [-0.2, -0.15) is 0 Å². The number of nitrogen functional groups attached to an aromatic ring is 1. The smallest absolute Gasteiger partial charge is 0.261 e. The molecule has 3 N–H and O–H groups in total. The normalized spacial score (nSPS) is 11.6. The summed E-state index contributed by atoms with van der Waals surface area (Å²) in [6.45, 7) is 5.64. The highest BCUT2D eigenvalue weighted by Gasteiger charge is 2.12. The first-order valence-corrected chi connectivity index (χ1v) is 5.04. The van der Waals surface area contributed by atoms with Gasteiger partial charge in [0, 0.05) is 12.2 Å². The maximum atomic E-state index is 11.5. The van der Waals surface area contributed by atoms with E-state index in [-0.39, 0.29) is 5.91 Å². The maximum absolute atomic E-state index is 11.5. The largest absolute Gasteiger partial charge is 0.481 e. The van der Waals surface area contributed by atoms with Gasteiger partial charge in [-0.15, -0.1) is 6.58 Å². The van der Waals surface area contributed by atoms with Crippen LogP contribution in [0.15, 0.2) is 36.9 Å². The minimum Gasteiger partial charge on any atom is -0.481 e. The van der Waals surface area contributed by atoms with E-state index in [1.165, 1.54) is 0 Å². The van der Waals surface area contributed by atoms with Crippen LogP contribution in [0.1, 0.15) is 6.92 Å². The summed E-state index contributed by atoms with van der Waals surface area (Å²) in [6.07, 6.45) is 1.08. The number of carbonyl (C=O) groups is 1. The zero-order chi connectivity index (χ0) is 12.0. The van der Waals surface area contributed by atoms with Crippen molar-refractivity contribution in [3.05, 3.63) is 36.9 Å². The van der Waals surface area contributed by atoms with E-state index in [0.717, 1.165) is 0 Å². The van der Waals surface area contributed by atoms with Gasteiger partial charge in [0.2, 0.25) is 0 Å². The van der Waals surface area contributed by atoms with Gasteiger partial charge in [-0.05, 0) is 31.2 Å². The molecule has 0 bridgehead atoms. The number of amides is 1. The van der Waals surface area contributed by atoms with Crippen LogP contribution in [-0.4, -0.2) is 18.6 Å². The third kappa shape index (κ3) is 3.65. The fourth-order valence-corrected chi connectivity index (χ4v) is 1.12. The van der Waals surface area contributed by atoms with Crippen LogP contribution in [0.25, 0.3) is 0 Å². The van der Waals surface area contributed by atoms with Crippen molar-refractivity contribution in [1.29, 1.82) is 0 Å². The van der Waals surface area contributed by atoms with Crippen molar-refractivity contribution in [1.82, 2.24) is 5.32 Å². The van der Waals surface area contributed by atoms with Crippen LogP contribution in [0.3, 0.4) is 0 Å². The van der Waals surface area contributed by atoms with Crippen LogP contribution in [-0.2, 0) is 4.79 Å². The van der Waals surface area contributed by atoms with Gasteiger partial charge in [0.25, 0.3) is 5.91 Å². The molecule has 1 rings (SSSR count). The van der Waals surface area contributed by atoms with E-state index < -0.39 is 6.10 Å². The summed E-state index contributed by atoms with van der Waals surface area (Å²) >= 11 is 0. The van der Waals surface area contributed by atoms with Gasteiger partial charge < -0.3 is 15.8 Å². The maximum Gasteiger partial charge on any atom is 0.261 e. The number of rotatable bonds is 5. The van der Waals surface area contributed by atoms with Gasteiger partial charge in [-0.3, -0.25) is 4.79 Å². The third-order valence-corrected chi connectivity index (χ3v) is 1.98. The second-order valence-electron chi connectivity index (χ2n) is 3.36. The van der Waals surface area contributed by atoms with Crippen molar-refractivity contribution in [2.24, 2.45) is 0 Å². The Hall–Kier alpha value is -1.97. The number of ether oxygens (including phenoxy) is 1. The Morgan fingerprint density at radius 2 is 2.19 bits per heavy atom. The number of carbonyl (C=O) groups excluding carboxylic acids is 1. The minimum atomic E-state index is -0.538. The molecule has 0 fully saturated rings. The number of nitrogens with two attached hydrogens (primary N) is 1. The lowest BCUT2D eigenvalue weighted by Gasteiger charge is -2.13. The number of hydrogen-bond acceptors (Lipinski definition) is 3. The Balaban J connectivity index is 2.50. The summed E-state index contributed by atoms with van der Waals surface area (Å²) in [4.78, 5) is 11.5. The molecule has 1 atom stereocenters. The van der Waals surface area contributed by atoms with Crippen LogP contribution in [0.2, 0.25) is 0 Å². The monoisotopic (exact) mass is 220 g/mol. The Kier molecular flexibility index (Phi) is 4.39. The van der Waals surface area contributed by atoms with E-state index in [1.807, 2.05) is 0 Å². The molecule has 1 amide bonds. The van der Waals surface area contributed by atoms with Crippen molar-refractivity contribution in [3.8, 4) is 5.75 Å². The van der Waals surface area contributed by atoms with Crippen LogP contribution in [0, 0.1) is 0 Å². The van der Waals surface area contributed by atoms with Crippen molar-refractivity contribution in [2.45, 2.75) is 13.0 Å². The lowest BCUT2D eigenvalue weighted by molar-refractivity contribution is -0.127. The van der Waals surface area contributed by atoms with E-state index in [1.54, 1.807) is 37.3 Å². The molecule has 0 aliphatic rings. The highest BCUT2D eigenvalue weighted by atomic mass is 16.5. The molecule has 0 radical (unpaired) electrons. The van der Waals surface area contributed by atoms with Gasteiger partial charge in [-0.1, -0.05) is 6.08 Å². The fraction of sp³-hybridized carbons (Fsp3) is 0.250. The second-order valence-corrected chi connectivity index (χ2v) is 3.36. The number of nitrogens with one attached hydrogen (secondary N) is 1. The van der Waals surface area contributed by atoms with Crippen molar-refractivity contribution < 1.29 is 9.53 Å². The molecule has 4 nitrogen and oxygen atoms in total. The SMILES string of the molecule is C=CCNC(=O)C(C)Oc1ccc(N)cc1. The van der Waals surface area contributed by atoms with Gasteiger partial charge in [0.1, 0.15) is 5.75 Å². The average molecular weight is 220 g/mol. The Bertz CT molecular complexity index is 360. The minimum absolute atomic E-state index is 0.170. The summed E-state index contributed by atoms with van der Waals surface area (Å²) in [5.74, 6) is 0.451. The first-order valence-electron chi connectivity index (χ1n) is 5.04. The predicted molar refractivity (Wildman–Crippen MR) is 64.2 cm³/mol. The lowest BCUT2D eigenvalue weighted by atomic mass is 10.3. The zero-order valence-corrected chi connectivity index (χ0v) is 9.27. The molecule has 1 aromatic rings. The molecule has 0 aromatic heterocycles. The third-order valence-electron chi connectivity index (χ3n) is 1.98. The standard InChI is InChI=1S/C12H16N2O2/c1-3-8-14-12(15)9(2)16-11-6-4-10(13)5-7-11/h3-7,9H,1,8,13H2,2H3,(H,14,15). The summed E-state index contributed by atoms with van der Waals surface area (Å²) < 4.78 is 5.43. The Morgan fingerprint density at radius 3 is 2.75 bits per heavy atom. The van der Waals surface area contributed by atoms with E-state index in [0.29, 0.717) is 18.0 Å². The molecule has 1 unspecified atom stereocenters. The van der Waals surface area contributed by atoms with Crippen molar-refractivity contribution in [3.63, 3.8) is 0 Å².